The fourth-order valence-corrected chi connectivity index (χ4v) is 2.55. The Balaban J connectivity index is 2.13. The van der Waals surface area contributed by atoms with Crippen molar-refractivity contribution in [3.8, 4) is 22.4 Å². The molecule has 2 nitrogen and oxygen atoms in total. The highest BCUT2D eigenvalue weighted by molar-refractivity contribution is 5.80. The van der Waals surface area contributed by atoms with Gasteiger partial charge in [-0.1, -0.05) is 31.2 Å². The first kappa shape index (κ1) is 14.5. The fraction of sp³-hybridized carbons (Fsp3) is 0.200. The molecule has 0 atom stereocenters. The second kappa shape index (κ2) is 6.10. The Morgan fingerprint density at radius 3 is 2.18 bits per heavy atom. The lowest BCUT2D eigenvalue weighted by molar-refractivity contribution is 1.14. The van der Waals surface area contributed by atoms with Gasteiger partial charge in [0.2, 0.25) is 0 Å². The molecule has 0 spiro atoms. The van der Waals surface area contributed by atoms with E-state index in [1.165, 1.54) is 16.7 Å². The molecule has 2 aromatic heterocycles. The van der Waals surface area contributed by atoms with Crippen molar-refractivity contribution in [2.75, 3.05) is 0 Å². The van der Waals surface area contributed by atoms with Gasteiger partial charge in [0.25, 0.3) is 0 Å². The number of aromatic nitrogens is 2. The summed E-state index contributed by atoms with van der Waals surface area (Å²) in [7, 11) is 0. The van der Waals surface area contributed by atoms with Crippen molar-refractivity contribution in [1.82, 2.24) is 9.97 Å². The molecule has 3 aromatic rings. The second-order valence-corrected chi connectivity index (χ2v) is 5.65. The van der Waals surface area contributed by atoms with Crippen molar-refractivity contribution < 1.29 is 0 Å². The molecule has 0 amide bonds. The Kier molecular flexibility index (Phi) is 4.01. The maximum Gasteiger partial charge on any atom is 0.0795 e. The summed E-state index contributed by atoms with van der Waals surface area (Å²) in [6.07, 6.45) is 4.87. The minimum atomic E-state index is 0.988. The Bertz CT molecular complexity index is 772. The standard InChI is InChI=1S/C20H20N2/c1-4-16-6-9-17(10-7-16)19-11-14(2)12-22-20(19)18-8-5-15(3)21-13-18/h5-13H,4H2,1-3H3. The maximum absolute atomic E-state index is 4.66. The average molecular weight is 288 g/mol. The average Bonchev–Trinajstić information content (AvgIpc) is 2.56. The van der Waals surface area contributed by atoms with E-state index in [0.717, 1.165) is 28.9 Å². The molecule has 2 heterocycles. The minimum absolute atomic E-state index is 0.988. The predicted molar refractivity (Wildman–Crippen MR) is 91.8 cm³/mol. The summed E-state index contributed by atoms with van der Waals surface area (Å²) in [4.78, 5) is 9.06. The number of pyridine rings is 2. The van der Waals surface area contributed by atoms with Gasteiger partial charge in [-0.3, -0.25) is 9.97 Å². The topological polar surface area (TPSA) is 25.8 Å². The number of hydrogen-bond acceptors (Lipinski definition) is 2. The number of benzene rings is 1. The van der Waals surface area contributed by atoms with Crippen molar-refractivity contribution in [3.05, 3.63) is 71.7 Å². The van der Waals surface area contributed by atoms with E-state index in [-0.39, 0.29) is 0 Å². The molecular weight excluding hydrogens is 268 g/mol. The van der Waals surface area contributed by atoms with Crippen molar-refractivity contribution in [2.24, 2.45) is 0 Å². The van der Waals surface area contributed by atoms with Crippen molar-refractivity contribution in [3.63, 3.8) is 0 Å². The van der Waals surface area contributed by atoms with Crippen molar-refractivity contribution in [1.29, 1.82) is 0 Å². The van der Waals surface area contributed by atoms with E-state index in [0.29, 0.717) is 0 Å². The molecule has 0 radical (unpaired) electrons. The van der Waals surface area contributed by atoms with Gasteiger partial charge >= 0.3 is 0 Å². The molecule has 0 N–H and O–H groups in total. The van der Waals surface area contributed by atoms with Crippen LogP contribution in [0.5, 0.6) is 0 Å². The third kappa shape index (κ3) is 2.91. The van der Waals surface area contributed by atoms with Crippen molar-refractivity contribution >= 4 is 0 Å². The first-order valence-corrected chi connectivity index (χ1v) is 7.66. The van der Waals surface area contributed by atoms with Gasteiger partial charge in [0.05, 0.1) is 5.69 Å². The summed E-state index contributed by atoms with van der Waals surface area (Å²) in [5, 5.41) is 0. The quantitative estimate of drug-likeness (QED) is 0.678. The van der Waals surface area contributed by atoms with Gasteiger partial charge in [-0.15, -0.1) is 0 Å². The predicted octanol–water partition coefficient (Wildman–Crippen LogP) is 4.99. The van der Waals surface area contributed by atoms with Gasteiger partial charge in [-0.2, -0.15) is 0 Å². The van der Waals surface area contributed by atoms with E-state index in [4.69, 9.17) is 0 Å². The van der Waals surface area contributed by atoms with Gasteiger partial charge in [0, 0.05) is 29.2 Å². The number of rotatable bonds is 3. The van der Waals surface area contributed by atoms with E-state index in [9.17, 15) is 0 Å². The smallest absolute Gasteiger partial charge is 0.0795 e. The lowest BCUT2D eigenvalue weighted by Crippen LogP contribution is -1.92. The van der Waals surface area contributed by atoms with Crippen LogP contribution in [0.2, 0.25) is 0 Å². The molecule has 0 aliphatic rings. The Morgan fingerprint density at radius 1 is 0.818 bits per heavy atom. The summed E-state index contributed by atoms with van der Waals surface area (Å²) in [5.41, 5.74) is 7.94. The summed E-state index contributed by atoms with van der Waals surface area (Å²) in [6.45, 7) is 6.25. The fourth-order valence-electron chi connectivity index (χ4n) is 2.55. The molecule has 1 aromatic carbocycles. The highest BCUT2D eigenvalue weighted by Crippen LogP contribution is 2.31. The molecule has 2 heteroatoms. The number of nitrogens with zero attached hydrogens (tertiary/aromatic N) is 2. The van der Waals surface area contributed by atoms with E-state index < -0.39 is 0 Å². The molecule has 0 bridgehead atoms. The third-order valence-corrected chi connectivity index (χ3v) is 3.88. The van der Waals surface area contributed by atoms with Crippen molar-refractivity contribution in [2.45, 2.75) is 27.2 Å². The minimum Gasteiger partial charge on any atom is -0.261 e. The van der Waals surface area contributed by atoms with Crippen LogP contribution in [0, 0.1) is 13.8 Å². The number of hydrogen-bond donors (Lipinski definition) is 0. The van der Waals surface area contributed by atoms with Gasteiger partial charge < -0.3 is 0 Å². The Hall–Kier alpha value is -2.48. The van der Waals surface area contributed by atoms with Crippen LogP contribution in [0.15, 0.2) is 54.9 Å². The van der Waals surface area contributed by atoms with Crippen LogP contribution in [-0.2, 0) is 6.42 Å². The Morgan fingerprint density at radius 2 is 1.55 bits per heavy atom. The molecule has 0 saturated heterocycles. The number of aryl methyl sites for hydroxylation is 3. The van der Waals surface area contributed by atoms with Crippen LogP contribution < -0.4 is 0 Å². The summed E-state index contributed by atoms with van der Waals surface area (Å²) in [6, 6.07) is 15.1. The zero-order chi connectivity index (χ0) is 15.5. The first-order chi connectivity index (χ1) is 10.7. The SMILES string of the molecule is CCc1ccc(-c2cc(C)cnc2-c2ccc(C)nc2)cc1. The zero-order valence-electron chi connectivity index (χ0n) is 13.3. The molecule has 110 valence electrons. The largest absolute Gasteiger partial charge is 0.261 e. The normalized spacial score (nSPS) is 10.7. The molecule has 0 aliphatic carbocycles. The van der Waals surface area contributed by atoms with E-state index in [1.54, 1.807) is 0 Å². The third-order valence-electron chi connectivity index (χ3n) is 3.88. The highest BCUT2D eigenvalue weighted by atomic mass is 14.7. The van der Waals surface area contributed by atoms with Crippen LogP contribution in [0.25, 0.3) is 22.4 Å². The van der Waals surface area contributed by atoms with Gasteiger partial charge in [-0.05, 0) is 55.2 Å². The molecular formula is C20H20N2. The molecule has 3 rings (SSSR count). The monoisotopic (exact) mass is 288 g/mol. The first-order valence-electron chi connectivity index (χ1n) is 7.66. The lowest BCUT2D eigenvalue weighted by atomic mass is 9.97. The molecule has 0 aliphatic heterocycles. The van der Waals surface area contributed by atoms with Gasteiger partial charge in [0.1, 0.15) is 0 Å². The van der Waals surface area contributed by atoms with Crippen LogP contribution >= 0.6 is 0 Å². The van der Waals surface area contributed by atoms with E-state index in [2.05, 4.69) is 60.2 Å². The summed E-state index contributed by atoms with van der Waals surface area (Å²) < 4.78 is 0. The second-order valence-electron chi connectivity index (χ2n) is 5.65. The van der Waals surface area contributed by atoms with Crippen LogP contribution in [-0.4, -0.2) is 9.97 Å². The summed E-state index contributed by atoms with van der Waals surface area (Å²) >= 11 is 0. The van der Waals surface area contributed by atoms with Crippen LogP contribution in [0.1, 0.15) is 23.7 Å². The lowest BCUT2D eigenvalue weighted by Gasteiger charge is -2.11. The van der Waals surface area contributed by atoms with Gasteiger partial charge in [-0.25, -0.2) is 0 Å². The molecule has 22 heavy (non-hydrogen) atoms. The van der Waals surface area contributed by atoms with Crippen LogP contribution in [0.4, 0.5) is 0 Å². The highest BCUT2D eigenvalue weighted by Gasteiger charge is 2.10. The summed E-state index contributed by atoms with van der Waals surface area (Å²) in [5.74, 6) is 0. The van der Waals surface area contributed by atoms with E-state index in [1.807, 2.05) is 25.4 Å². The maximum atomic E-state index is 4.66. The molecule has 0 saturated carbocycles. The van der Waals surface area contributed by atoms with Crippen LogP contribution in [0.3, 0.4) is 0 Å². The molecule has 0 fully saturated rings. The van der Waals surface area contributed by atoms with E-state index >= 15 is 0 Å². The zero-order valence-corrected chi connectivity index (χ0v) is 13.3. The van der Waals surface area contributed by atoms with Gasteiger partial charge in [0.15, 0.2) is 0 Å². The molecule has 0 unspecified atom stereocenters. The Labute approximate surface area is 131 Å².